The SMILES string of the molecule is O=C(CSc1ccnc(=O)[nH]1)NCc1ccc2c(c1)OCO2. The molecule has 0 unspecified atom stereocenters. The predicted molar refractivity (Wildman–Crippen MR) is 80.0 cm³/mol. The fraction of sp³-hybridized carbons (Fsp3) is 0.214. The number of aromatic amines is 1. The number of rotatable bonds is 5. The van der Waals surface area contributed by atoms with Crippen LogP contribution in [0.5, 0.6) is 11.5 Å². The van der Waals surface area contributed by atoms with Crippen LogP contribution in [0, 0.1) is 0 Å². The Morgan fingerprint density at radius 2 is 2.18 bits per heavy atom. The van der Waals surface area contributed by atoms with E-state index in [9.17, 15) is 9.59 Å². The average molecular weight is 319 g/mol. The summed E-state index contributed by atoms with van der Waals surface area (Å²) in [5.41, 5.74) is 0.505. The molecule has 1 aromatic heterocycles. The number of ether oxygens (including phenoxy) is 2. The van der Waals surface area contributed by atoms with Crippen LogP contribution in [0.4, 0.5) is 0 Å². The van der Waals surface area contributed by atoms with Crippen molar-refractivity contribution < 1.29 is 14.3 Å². The van der Waals surface area contributed by atoms with Gasteiger partial charge in [0.15, 0.2) is 11.5 Å². The largest absolute Gasteiger partial charge is 0.454 e. The molecule has 22 heavy (non-hydrogen) atoms. The van der Waals surface area contributed by atoms with Gasteiger partial charge in [0.05, 0.1) is 10.8 Å². The number of hydrogen-bond acceptors (Lipinski definition) is 6. The van der Waals surface area contributed by atoms with Crippen molar-refractivity contribution in [3.05, 3.63) is 46.5 Å². The van der Waals surface area contributed by atoms with E-state index in [0.29, 0.717) is 23.1 Å². The number of benzene rings is 1. The number of carbonyl (C=O) groups is 1. The second-order valence-electron chi connectivity index (χ2n) is 4.49. The third-order valence-corrected chi connectivity index (χ3v) is 3.89. The number of thioether (sulfide) groups is 1. The number of nitrogens with zero attached hydrogens (tertiary/aromatic N) is 1. The van der Waals surface area contributed by atoms with Crippen LogP contribution in [0.1, 0.15) is 5.56 Å². The smallest absolute Gasteiger partial charge is 0.345 e. The summed E-state index contributed by atoms with van der Waals surface area (Å²) in [6.45, 7) is 0.634. The minimum Gasteiger partial charge on any atom is -0.454 e. The predicted octanol–water partition coefficient (Wildman–Crippen LogP) is 0.907. The van der Waals surface area contributed by atoms with Crippen LogP contribution >= 0.6 is 11.8 Å². The third kappa shape index (κ3) is 3.59. The maximum Gasteiger partial charge on any atom is 0.345 e. The highest BCUT2D eigenvalue weighted by Gasteiger charge is 2.13. The number of carbonyl (C=O) groups excluding carboxylic acids is 1. The van der Waals surface area contributed by atoms with Crippen molar-refractivity contribution in [3.8, 4) is 11.5 Å². The monoisotopic (exact) mass is 319 g/mol. The zero-order valence-corrected chi connectivity index (χ0v) is 12.3. The lowest BCUT2D eigenvalue weighted by atomic mass is 10.2. The second kappa shape index (κ2) is 6.52. The number of hydrogen-bond donors (Lipinski definition) is 2. The molecule has 1 aliphatic rings. The molecule has 114 valence electrons. The Hall–Kier alpha value is -2.48. The first kappa shape index (κ1) is 14.5. The quantitative estimate of drug-likeness (QED) is 0.628. The Morgan fingerprint density at radius 1 is 1.32 bits per heavy atom. The van der Waals surface area contributed by atoms with E-state index in [2.05, 4.69) is 15.3 Å². The normalized spacial score (nSPS) is 12.2. The number of nitrogens with one attached hydrogen (secondary N) is 2. The summed E-state index contributed by atoms with van der Waals surface area (Å²) in [5, 5.41) is 3.42. The maximum atomic E-state index is 11.8. The summed E-state index contributed by atoms with van der Waals surface area (Å²) in [6, 6.07) is 7.19. The summed E-state index contributed by atoms with van der Waals surface area (Å²) in [5.74, 6) is 1.49. The number of aromatic nitrogens is 2. The van der Waals surface area contributed by atoms with Gasteiger partial charge in [-0.3, -0.25) is 4.79 Å². The molecule has 0 saturated carbocycles. The van der Waals surface area contributed by atoms with Gasteiger partial charge in [-0.15, -0.1) is 0 Å². The Kier molecular flexibility index (Phi) is 4.29. The molecule has 0 fully saturated rings. The minimum atomic E-state index is -0.425. The fourth-order valence-electron chi connectivity index (χ4n) is 1.88. The van der Waals surface area contributed by atoms with Gasteiger partial charge in [0, 0.05) is 12.7 Å². The van der Waals surface area contributed by atoms with Crippen molar-refractivity contribution in [2.45, 2.75) is 11.6 Å². The molecule has 1 aliphatic heterocycles. The molecular weight excluding hydrogens is 306 g/mol. The van der Waals surface area contributed by atoms with Crippen LogP contribution in [0.3, 0.4) is 0 Å². The highest BCUT2D eigenvalue weighted by Crippen LogP contribution is 2.32. The van der Waals surface area contributed by atoms with Gasteiger partial charge in [0.25, 0.3) is 0 Å². The molecule has 2 aromatic rings. The highest BCUT2D eigenvalue weighted by atomic mass is 32.2. The third-order valence-electron chi connectivity index (χ3n) is 2.93. The van der Waals surface area contributed by atoms with Crippen LogP contribution in [-0.2, 0) is 11.3 Å². The summed E-state index contributed by atoms with van der Waals surface area (Å²) >= 11 is 1.25. The van der Waals surface area contributed by atoms with E-state index in [0.717, 1.165) is 5.56 Å². The van der Waals surface area contributed by atoms with Gasteiger partial charge in [-0.2, -0.15) is 0 Å². The van der Waals surface area contributed by atoms with E-state index in [1.165, 1.54) is 18.0 Å². The number of H-pyrrole nitrogens is 1. The topological polar surface area (TPSA) is 93.3 Å². The summed E-state index contributed by atoms with van der Waals surface area (Å²) < 4.78 is 10.5. The molecule has 8 heteroatoms. The molecular formula is C14H13N3O4S. The molecule has 2 heterocycles. The van der Waals surface area contributed by atoms with E-state index in [1.54, 1.807) is 6.07 Å². The zero-order valence-electron chi connectivity index (χ0n) is 11.5. The zero-order chi connectivity index (χ0) is 15.4. The minimum absolute atomic E-state index is 0.125. The Labute approximate surface area is 130 Å². The lowest BCUT2D eigenvalue weighted by Gasteiger charge is -2.06. The first-order valence-electron chi connectivity index (χ1n) is 6.54. The molecule has 0 saturated heterocycles. The van der Waals surface area contributed by atoms with Crippen LogP contribution in [-0.4, -0.2) is 28.4 Å². The van der Waals surface area contributed by atoms with Crippen LogP contribution in [0.2, 0.25) is 0 Å². The highest BCUT2D eigenvalue weighted by molar-refractivity contribution is 7.99. The van der Waals surface area contributed by atoms with Gasteiger partial charge in [-0.1, -0.05) is 17.8 Å². The van der Waals surface area contributed by atoms with Crippen LogP contribution < -0.4 is 20.5 Å². The van der Waals surface area contributed by atoms with E-state index in [-0.39, 0.29) is 18.5 Å². The van der Waals surface area contributed by atoms with Gasteiger partial charge in [0.1, 0.15) is 0 Å². The first-order valence-corrected chi connectivity index (χ1v) is 7.52. The van der Waals surface area contributed by atoms with E-state index in [4.69, 9.17) is 9.47 Å². The van der Waals surface area contributed by atoms with Crippen LogP contribution in [0.25, 0.3) is 0 Å². The second-order valence-corrected chi connectivity index (χ2v) is 5.51. The van der Waals surface area contributed by atoms with Crippen molar-refractivity contribution in [2.24, 2.45) is 0 Å². The van der Waals surface area contributed by atoms with Gasteiger partial charge in [0.2, 0.25) is 12.7 Å². The van der Waals surface area contributed by atoms with Crippen LogP contribution in [0.15, 0.2) is 40.3 Å². The number of fused-ring (bicyclic) bond motifs is 1. The fourth-order valence-corrected chi connectivity index (χ4v) is 2.59. The number of amides is 1. The van der Waals surface area contributed by atoms with Crippen molar-refractivity contribution in [2.75, 3.05) is 12.5 Å². The van der Waals surface area contributed by atoms with Gasteiger partial charge < -0.3 is 19.8 Å². The van der Waals surface area contributed by atoms with Crippen molar-refractivity contribution >= 4 is 17.7 Å². The van der Waals surface area contributed by atoms with E-state index in [1.807, 2.05) is 18.2 Å². The van der Waals surface area contributed by atoms with Crippen molar-refractivity contribution in [1.82, 2.24) is 15.3 Å². The molecule has 1 aromatic carbocycles. The molecule has 0 spiro atoms. The van der Waals surface area contributed by atoms with Crippen molar-refractivity contribution in [3.63, 3.8) is 0 Å². The lowest BCUT2D eigenvalue weighted by Crippen LogP contribution is -2.24. The molecule has 1 amide bonds. The Morgan fingerprint density at radius 3 is 3.05 bits per heavy atom. The molecule has 2 N–H and O–H groups in total. The summed E-state index contributed by atoms with van der Waals surface area (Å²) in [7, 11) is 0. The lowest BCUT2D eigenvalue weighted by molar-refractivity contribution is -0.118. The summed E-state index contributed by atoms with van der Waals surface area (Å²) in [6.07, 6.45) is 1.41. The van der Waals surface area contributed by atoms with E-state index >= 15 is 0 Å². The molecule has 0 atom stereocenters. The molecule has 0 bridgehead atoms. The molecule has 0 aliphatic carbocycles. The van der Waals surface area contributed by atoms with Gasteiger partial charge in [-0.05, 0) is 23.8 Å². The van der Waals surface area contributed by atoms with E-state index < -0.39 is 5.69 Å². The molecule has 0 radical (unpaired) electrons. The summed E-state index contributed by atoms with van der Waals surface area (Å²) in [4.78, 5) is 28.9. The molecule has 7 nitrogen and oxygen atoms in total. The maximum absolute atomic E-state index is 11.8. The first-order chi connectivity index (χ1) is 10.7. The van der Waals surface area contributed by atoms with Gasteiger partial charge >= 0.3 is 5.69 Å². The Balaban J connectivity index is 1.49. The Bertz CT molecular complexity index is 747. The average Bonchev–Trinajstić information content (AvgIpc) is 2.98. The van der Waals surface area contributed by atoms with Gasteiger partial charge in [-0.25, -0.2) is 9.78 Å². The van der Waals surface area contributed by atoms with Crippen molar-refractivity contribution in [1.29, 1.82) is 0 Å². The standard InChI is InChI=1S/C14H13N3O4S/c18-12(7-22-13-3-4-15-14(19)17-13)16-6-9-1-2-10-11(5-9)21-8-20-10/h1-5H,6-8H2,(H,16,18)(H,15,17,19). The molecule has 3 rings (SSSR count).